The third-order valence-electron chi connectivity index (χ3n) is 4.79. The number of halogens is 3. The van der Waals surface area contributed by atoms with Crippen molar-refractivity contribution in [2.75, 3.05) is 13.1 Å². The number of amides is 1. The lowest BCUT2D eigenvalue weighted by molar-refractivity contribution is 0.0389. The van der Waals surface area contributed by atoms with Gasteiger partial charge in [-0.15, -0.1) is 0 Å². The molecule has 1 aromatic carbocycles. The summed E-state index contributed by atoms with van der Waals surface area (Å²) in [5, 5.41) is -0.207. The molecule has 0 aliphatic carbocycles. The first kappa shape index (κ1) is 15.8. The Morgan fingerprint density at radius 3 is 2.79 bits per heavy atom. The van der Waals surface area contributed by atoms with Crippen molar-refractivity contribution >= 4 is 17.5 Å². The summed E-state index contributed by atoms with van der Waals surface area (Å²) < 4.78 is 60.7. The van der Waals surface area contributed by atoms with Gasteiger partial charge in [-0.25, -0.2) is 18.7 Å². The first-order valence-corrected chi connectivity index (χ1v) is 9.45. The number of carbonyl (C=O) groups is 1. The number of benzene rings is 1. The Morgan fingerprint density at radius 2 is 2.14 bits per heavy atom. The van der Waals surface area contributed by atoms with E-state index in [9.17, 15) is 9.18 Å². The van der Waals surface area contributed by atoms with Gasteiger partial charge in [-0.05, 0) is 55.8 Å². The summed E-state index contributed by atoms with van der Waals surface area (Å²) in [6, 6.07) is 3.52. The Hall–Kier alpha value is -2.08. The van der Waals surface area contributed by atoms with Crippen molar-refractivity contribution in [3.63, 3.8) is 0 Å². The minimum atomic E-state index is -2.27. The molecule has 4 nitrogen and oxygen atoms in total. The molecule has 1 saturated heterocycles. The number of carbonyl (C=O) groups excluding carboxylic acids is 1. The van der Waals surface area contributed by atoms with Crippen LogP contribution in [0.4, 0.5) is 8.78 Å². The van der Waals surface area contributed by atoms with Crippen LogP contribution in [-0.4, -0.2) is 39.5 Å². The molecular weight excluding hydrogens is 384 g/mol. The topological polar surface area (TPSA) is 46.1 Å². The predicted molar refractivity (Wildman–Crippen MR) is 105 cm³/mol. The number of rotatable bonds is 6. The van der Waals surface area contributed by atoms with E-state index in [-0.39, 0.29) is 30.0 Å². The van der Waals surface area contributed by atoms with Gasteiger partial charge >= 0.3 is 0 Å². The fraction of sp³-hybridized carbons (Fsp3) is 0.476. The van der Waals surface area contributed by atoms with Crippen LogP contribution in [0.1, 0.15) is 59.8 Å². The number of aromatic nitrogens is 2. The van der Waals surface area contributed by atoms with Crippen molar-refractivity contribution in [2.24, 2.45) is 0 Å². The molecule has 1 aromatic heterocycles. The van der Waals surface area contributed by atoms with Gasteiger partial charge in [0.2, 0.25) is 0 Å². The molecular formula is C21H24ClF2N3O. The van der Waals surface area contributed by atoms with E-state index in [1.807, 2.05) is 0 Å². The molecule has 1 aliphatic heterocycles. The van der Waals surface area contributed by atoms with E-state index in [0.29, 0.717) is 24.2 Å². The van der Waals surface area contributed by atoms with Crippen LogP contribution in [0.3, 0.4) is 0 Å². The van der Waals surface area contributed by atoms with Gasteiger partial charge < -0.3 is 4.90 Å². The Kier molecular flexibility index (Phi) is 5.05. The van der Waals surface area contributed by atoms with Crippen molar-refractivity contribution in [1.29, 1.82) is 0 Å². The molecule has 0 saturated carbocycles. The second kappa shape index (κ2) is 8.95. The summed E-state index contributed by atoms with van der Waals surface area (Å²) in [4.78, 5) is 22.1. The fourth-order valence-electron chi connectivity index (χ4n) is 3.05. The predicted octanol–water partition coefficient (Wildman–Crippen LogP) is 4.80. The molecule has 150 valence electrons. The summed E-state index contributed by atoms with van der Waals surface area (Å²) in [5.41, 5.74) is -1.65. The third-order valence-corrected chi connectivity index (χ3v) is 5.08. The minimum Gasteiger partial charge on any atom is -0.338 e. The summed E-state index contributed by atoms with van der Waals surface area (Å²) in [7, 11) is 0. The van der Waals surface area contributed by atoms with Gasteiger partial charge in [-0.2, -0.15) is 0 Å². The van der Waals surface area contributed by atoms with Gasteiger partial charge in [0.25, 0.3) is 5.91 Å². The number of hydrogen-bond acceptors (Lipinski definition) is 3. The van der Waals surface area contributed by atoms with Crippen LogP contribution in [0, 0.1) is 5.82 Å². The smallest absolute Gasteiger partial charge is 0.253 e. The highest BCUT2D eigenvalue weighted by atomic mass is 35.5. The van der Waals surface area contributed by atoms with Crippen LogP contribution in [0.25, 0.3) is 0 Å². The van der Waals surface area contributed by atoms with E-state index >= 15 is 4.39 Å². The van der Waals surface area contributed by atoms with E-state index in [4.69, 9.17) is 17.1 Å². The Morgan fingerprint density at radius 1 is 1.39 bits per heavy atom. The first-order valence-electron chi connectivity index (χ1n) is 11.1. The van der Waals surface area contributed by atoms with Crippen molar-refractivity contribution in [2.45, 2.75) is 51.0 Å². The Bertz CT molecular complexity index is 988. The Balaban J connectivity index is 1.60. The largest absolute Gasteiger partial charge is 0.338 e. The van der Waals surface area contributed by atoms with Gasteiger partial charge in [0.1, 0.15) is 17.3 Å². The van der Waals surface area contributed by atoms with Crippen LogP contribution >= 0.6 is 11.6 Å². The van der Waals surface area contributed by atoms with Crippen LogP contribution in [-0.2, 0) is 12.8 Å². The van der Waals surface area contributed by atoms with Crippen LogP contribution < -0.4 is 0 Å². The maximum absolute atomic E-state index is 15.6. The lowest BCUT2D eigenvalue weighted by Gasteiger charge is -2.36. The maximum atomic E-state index is 15.6. The number of alkyl halides is 1. The van der Waals surface area contributed by atoms with E-state index in [0.717, 1.165) is 6.07 Å². The van der Waals surface area contributed by atoms with Crippen molar-refractivity contribution in [1.82, 2.24) is 14.9 Å². The highest BCUT2D eigenvalue weighted by Gasteiger charge is 2.35. The molecule has 2 heterocycles. The zero-order valence-electron chi connectivity index (χ0n) is 19.5. The van der Waals surface area contributed by atoms with Gasteiger partial charge in [-0.1, -0.05) is 18.5 Å². The van der Waals surface area contributed by atoms with Gasteiger partial charge in [0.05, 0.1) is 5.02 Å². The molecule has 2 aromatic rings. The highest BCUT2D eigenvalue weighted by molar-refractivity contribution is 6.31. The Labute approximate surface area is 174 Å². The van der Waals surface area contributed by atoms with E-state index in [1.165, 1.54) is 36.4 Å². The van der Waals surface area contributed by atoms with E-state index in [2.05, 4.69) is 9.97 Å². The van der Waals surface area contributed by atoms with Crippen molar-refractivity contribution in [3.8, 4) is 0 Å². The molecule has 0 radical (unpaired) electrons. The van der Waals surface area contributed by atoms with Crippen molar-refractivity contribution < 1.29 is 19.1 Å². The molecule has 3 rings (SSSR count). The van der Waals surface area contributed by atoms with Gasteiger partial charge in [0, 0.05) is 43.0 Å². The normalized spacial score (nSPS) is 24.1. The highest BCUT2D eigenvalue weighted by Crippen LogP contribution is 2.32. The fourth-order valence-corrected chi connectivity index (χ4v) is 3.24. The molecule has 7 heteroatoms. The summed E-state index contributed by atoms with van der Waals surface area (Å²) in [6.07, 6.45) is -0.630. The molecule has 1 fully saturated rings. The molecule has 1 aliphatic rings. The monoisotopic (exact) mass is 411 g/mol. The molecule has 0 spiro atoms. The lowest BCUT2D eigenvalue weighted by atomic mass is 9.88. The molecule has 1 unspecified atom stereocenters. The molecule has 0 bridgehead atoms. The number of aryl methyl sites for hydroxylation is 2. The average Bonchev–Trinajstić information content (AvgIpc) is 2.71. The molecule has 0 N–H and O–H groups in total. The average molecular weight is 412 g/mol. The van der Waals surface area contributed by atoms with E-state index < -0.39 is 36.7 Å². The zero-order chi connectivity index (χ0) is 23.7. The first-order chi connectivity index (χ1) is 14.8. The lowest BCUT2D eigenvalue weighted by Crippen LogP contribution is -2.44. The number of hydrogen-bond donors (Lipinski definition) is 0. The van der Waals surface area contributed by atoms with Crippen LogP contribution in [0.15, 0.2) is 30.6 Å². The standard InChI is InChI=1S/C21H24ClF2N3O/c1-2-15-13-25-19(26-14-15)4-3-7-21(24)8-10-27(11-9-21)20(28)16-5-6-18(23)17(22)12-16/h5-6,12-14H,2-4,7-11H2,1H3/i2D2,8D2. The summed E-state index contributed by atoms with van der Waals surface area (Å²) >= 11 is 5.73. The minimum absolute atomic E-state index is 0.0284. The van der Waals surface area contributed by atoms with Crippen LogP contribution in [0.5, 0.6) is 0 Å². The number of nitrogens with zero attached hydrogens (tertiary/aromatic N) is 3. The second-order valence-corrected chi connectivity index (χ2v) is 7.15. The van der Waals surface area contributed by atoms with Crippen LogP contribution in [0.2, 0.25) is 5.02 Å². The molecule has 1 atom stereocenters. The summed E-state index contributed by atoms with van der Waals surface area (Å²) in [6.45, 7) is 1.01. The second-order valence-electron chi connectivity index (χ2n) is 6.74. The van der Waals surface area contributed by atoms with Gasteiger partial charge in [0.15, 0.2) is 0 Å². The van der Waals surface area contributed by atoms with Gasteiger partial charge in [-0.3, -0.25) is 4.79 Å². The number of likely N-dealkylation sites (tertiary alicyclic amines) is 1. The third kappa shape index (κ3) is 5.04. The summed E-state index contributed by atoms with van der Waals surface area (Å²) in [5.74, 6) is -0.753. The zero-order valence-corrected chi connectivity index (χ0v) is 16.3. The SMILES string of the molecule is [2H]C([2H])(C)c1cnc(CCCC2(F)CCN(C(=O)c3ccc(F)c(Cl)c3)CC2([2H])[2H])nc1. The molecule has 28 heavy (non-hydrogen) atoms. The van der Waals surface area contributed by atoms with Crippen molar-refractivity contribution in [3.05, 3.63) is 58.4 Å². The number of piperidine rings is 1. The molecule has 1 amide bonds. The quantitative estimate of drug-likeness (QED) is 0.686. The van der Waals surface area contributed by atoms with E-state index in [1.54, 1.807) is 0 Å². The maximum Gasteiger partial charge on any atom is 0.253 e.